The fourth-order valence-corrected chi connectivity index (χ4v) is 3.61. The minimum absolute atomic E-state index is 0.348. The van der Waals surface area contributed by atoms with E-state index in [1.165, 1.54) is 0 Å². The second kappa shape index (κ2) is 9.20. The highest BCUT2D eigenvalue weighted by Gasteiger charge is 2.15. The summed E-state index contributed by atoms with van der Waals surface area (Å²) >= 11 is 6.38. The van der Waals surface area contributed by atoms with Crippen molar-refractivity contribution in [1.82, 2.24) is 4.98 Å². The van der Waals surface area contributed by atoms with E-state index in [0.717, 1.165) is 28.4 Å². The summed E-state index contributed by atoms with van der Waals surface area (Å²) < 4.78 is 5.05. The predicted molar refractivity (Wildman–Crippen MR) is 125 cm³/mol. The van der Waals surface area contributed by atoms with Crippen LogP contribution in [0.5, 0.6) is 0 Å². The van der Waals surface area contributed by atoms with Crippen LogP contribution < -0.4 is 10.6 Å². The first-order valence-electron chi connectivity index (χ1n) is 10.0. The number of nitrogens with one attached hydrogen (secondary N) is 2. The van der Waals surface area contributed by atoms with Gasteiger partial charge in [0.15, 0.2) is 6.23 Å². The quantitative estimate of drug-likeness (QED) is 0.251. The van der Waals surface area contributed by atoms with Gasteiger partial charge in [-0.3, -0.25) is 5.32 Å². The summed E-state index contributed by atoms with van der Waals surface area (Å²) in [6, 6.07) is 20.2. The first kappa shape index (κ1) is 20.9. The molecule has 1 heterocycles. The molecule has 0 saturated carbocycles. The maximum Gasteiger partial charge on any atom is 0.411 e. The van der Waals surface area contributed by atoms with Crippen LogP contribution in [-0.4, -0.2) is 22.8 Å². The molecule has 0 aliphatic carbocycles. The summed E-state index contributed by atoms with van der Waals surface area (Å²) in [4.78, 5) is 16.5. The molecule has 6 nitrogen and oxygen atoms in total. The van der Waals surface area contributed by atoms with E-state index >= 15 is 0 Å². The highest BCUT2D eigenvalue weighted by atomic mass is 35.5. The standard InChI is InChI=1S/C24H22ClN3O3/c1-2-13-31-24(30)26-16-8-5-7-15(14-16)23(29)28-21-17-9-3-4-12-20(17)27-22-18(21)10-6-11-19(22)25/h3-12,14,23,29H,2,13H2,1H3,(H,26,30)(H,27,28). The topological polar surface area (TPSA) is 83.5 Å². The van der Waals surface area contributed by atoms with Crippen molar-refractivity contribution in [3.8, 4) is 0 Å². The number of pyridine rings is 1. The van der Waals surface area contributed by atoms with Crippen molar-refractivity contribution >= 4 is 50.9 Å². The molecule has 3 N–H and O–H groups in total. The number of anilines is 2. The van der Waals surface area contributed by atoms with E-state index in [4.69, 9.17) is 16.3 Å². The molecule has 1 unspecified atom stereocenters. The molecule has 0 bridgehead atoms. The van der Waals surface area contributed by atoms with Crippen molar-refractivity contribution in [3.63, 3.8) is 0 Å². The Morgan fingerprint density at radius 2 is 1.87 bits per heavy atom. The Hall–Kier alpha value is -3.35. The van der Waals surface area contributed by atoms with E-state index in [0.29, 0.717) is 28.4 Å². The van der Waals surface area contributed by atoms with Crippen LogP contribution in [0.4, 0.5) is 16.2 Å². The van der Waals surface area contributed by atoms with Crippen molar-refractivity contribution < 1.29 is 14.6 Å². The van der Waals surface area contributed by atoms with E-state index in [-0.39, 0.29) is 0 Å². The van der Waals surface area contributed by atoms with E-state index in [1.54, 1.807) is 30.3 Å². The highest BCUT2D eigenvalue weighted by Crippen LogP contribution is 2.35. The number of hydrogen-bond donors (Lipinski definition) is 3. The Morgan fingerprint density at radius 1 is 1.10 bits per heavy atom. The zero-order chi connectivity index (χ0) is 21.8. The van der Waals surface area contributed by atoms with Gasteiger partial charge in [-0.25, -0.2) is 9.78 Å². The molecule has 4 rings (SSSR count). The lowest BCUT2D eigenvalue weighted by molar-refractivity contribution is 0.161. The molecule has 1 aromatic heterocycles. The largest absolute Gasteiger partial charge is 0.449 e. The number of fused-ring (bicyclic) bond motifs is 2. The lowest BCUT2D eigenvalue weighted by Crippen LogP contribution is -2.15. The third-order valence-corrected chi connectivity index (χ3v) is 5.13. The van der Waals surface area contributed by atoms with Crippen LogP contribution in [0, 0.1) is 0 Å². The molecule has 3 aromatic carbocycles. The van der Waals surface area contributed by atoms with Crippen molar-refractivity contribution in [3.05, 3.63) is 77.3 Å². The smallest absolute Gasteiger partial charge is 0.411 e. The fourth-order valence-electron chi connectivity index (χ4n) is 3.39. The molecule has 0 aliphatic heterocycles. The summed E-state index contributed by atoms with van der Waals surface area (Å²) in [6.07, 6.45) is -0.808. The number of aliphatic hydroxyl groups excluding tert-OH is 1. The number of halogens is 1. The average Bonchev–Trinajstić information content (AvgIpc) is 2.78. The Labute approximate surface area is 184 Å². The van der Waals surface area contributed by atoms with Gasteiger partial charge in [-0.05, 0) is 30.7 Å². The molecule has 0 radical (unpaired) electrons. The molecule has 0 saturated heterocycles. The normalized spacial score (nSPS) is 12.0. The van der Waals surface area contributed by atoms with Crippen LogP contribution in [0.1, 0.15) is 25.1 Å². The van der Waals surface area contributed by atoms with Gasteiger partial charge in [0.25, 0.3) is 0 Å². The Kier molecular flexibility index (Phi) is 6.21. The molecule has 4 aromatic rings. The number of hydrogen-bond acceptors (Lipinski definition) is 5. The summed E-state index contributed by atoms with van der Waals surface area (Å²) in [6.45, 7) is 2.27. The van der Waals surface area contributed by atoms with Crippen LogP contribution in [0.25, 0.3) is 21.8 Å². The number of aliphatic hydroxyl groups is 1. The minimum atomic E-state index is -1.03. The maximum atomic E-state index is 11.8. The van der Waals surface area contributed by atoms with Gasteiger partial charge < -0.3 is 15.2 Å². The van der Waals surface area contributed by atoms with E-state index in [1.807, 2.05) is 43.3 Å². The van der Waals surface area contributed by atoms with Gasteiger partial charge in [0.1, 0.15) is 0 Å². The van der Waals surface area contributed by atoms with Crippen LogP contribution in [0.15, 0.2) is 66.7 Å². The van der Waals surface area contributed by atoms with Crippen molar-refractivity contribution in [2.45, 2.75) is 19.6 Å². The van der Waals surface area contributed by atoms with Crippen molar-refractivity contribution in [2.75, 3.05) is 17.2 Å². The molecule has 7 heteroatoms. The van der Waals surface area contributed by atoms with Gasteiger partial charge in [0.05, 0.1) is 28.4 Å². The molecule has 1 atom stereocenters. The summed E-state index contributed by atoms with van der Waals surface area (Å²) in [5.41, 5.74) is 3.28. The van der Waals surface area contributed by atoms with Crippen LogP contribution >= 0.6 is 11.6 Å². The summed E-state index contributed by atoms with van der Waals surface area (Å²) in [7, 11) is 0. The number of rotatable bonds is 6. The van der Waals surface area contributed by atoms with Gasteiger partial charge in [0.2, 0.25) is 0 Å². The van der Waals surface area contributed by atoms with Crippen LogP contribution in [-0.2, 0) is 4.74 Å². The van der Waals surface area contributed by atoms with Gasteiger partial charge in [0, 0.05) is 22.0 Å². The molecule has 31 heavy (non-hydrogen) atoms. The molecule has 0 aliphatic rings. The molecular formula is C24H22ClN3O3. The summed E-state index contributed by atoms with van der Waals surface area (Å²) in [5, 5.41) is 19.0. The Morgan fingerprint density at radius 3 is 2.71 bits per heavy atom. The number of aromatic nitrogens is 1. The zero-order valence-corrected chi connectivity index (χ0v) is 17.7. The second-order valence-electron chi connectivity index (χ2n) is 7.07. The lowest BCUT2D eigenvalue weighted by atomic mass is 10.1. The molecular weight excluding hydrogens is 414 g/mol. The molecule has 158 valence electrons. The number of benzene rings is 3. The van der Waals surface area contributed by atoms with Gasteiger partial charge >= 0.3 is 6.09 Å². The van der Waals surface area contributed by atoms with Crippen molar-refractivity contribution in [2.24, 2.45) is 0 Å². The Bertz CT molecular complexity index is 1250. The number of nitrogens with zero attached hydrogens (tertiary/aromatic N) is 1. The maximum absolute atomic E-state index is 11.8. The number of para-hydroxylation sites is 2. The van der Waals surface area contributed by atoms with Crippen LogP contribution in [0.3, 0.4) is 0 Å². The lowest BCUT2D eigenvalue weighted by Gasteiger charge is -2.19. The van der Waals surface area contributed by atoms with E-state index in [2.05, 4.69) is 15.6 Å². The third-order valence-electron chi connectivity index (χ3n) is 4.83. The summed E-state index contributed by atoms with van der Waals surface area (Å²) in [5.74, 6) is 0. The predicted octanol–water partition coefficient (Wildman–Crippen LogP) is 6.10. The van der Waals surface area contributed by atoms with Crippen LogP contribution in [0.2, 0.25) is 5.02 Å². The number of ether oxygens (including phenoxy) is 1. The number of amides is 1. The first-order chi connectivity index (χ1) is 15.1. The first-order valence-corrected chi connectivity index (χ1v) is 10.4. The monoisotopic (exact) mass is 435 g/mol. The minimum Gasteiger partial charge on any atom is -0.449 e. The van der Waals surface area contributed by atoms with Gasteiger partial charge in [-0.2, -0.15) is 0 Å². The molecule has 0 spiro atoms. The average molecular weight is 436 g/mol. The zero-order valence-electron chi connectivity index (χ0n) is 16.9. The highest BCUT2D eigenvalue weighted by molar-refractivity contribution is 6.35. The van der Waals surface area contributed by atoms with Gasteiger partial charge in [-0.1, -0.05) is 61.0 Å². The molecule has 1 amide bonds. The number of carbonyl (C=O) groups excluding carboxylic acids is 1. The van der Waals surface area contributed by atoms with E-state index < -0.39 is 12.3 Å². The second-order valence-corrected chi connectivity index (χ2v) is 7.48. The SMILES string of the molecule is CCCOC(=O)Nc1cccc(C(O)Nc2c3ccccc3nc3c(Cl)cccc23)c1. The Balaban J connectivity index is 1.67. The van der Waals surface area contributed by atoms with E-state index in [9.17, 15) is 9.90 Å². The third kappa shape index (κ3) is 4.55. The van der Waals surface area contributed by atoms with Crippen molar-refractivity contribution in [1.29, 1.82) is 0 Å². The number of carbonyl (C=O) groups is 1. The fraction of sp³-hybridized carbons (Fsp3) is 0.167. The van der Waals surface area contributed by atoms with Gasteiger partial charge in [-0.15, -0.1) is 0 Å². The molecule has 0 fully saturated rings.